The first kappa shape index (κ1) is 16.5. The molecule has 0 aliphatic carbocycles. The number of amides is 1. The molecule has 0 unspecified atom stereocenters. The van der Waals surface area contributed by atoms with Crippen molar-refractivity contribution in [2.24, 2.45) is 0 Å². The van der Waals surface area contributed by atoms with E-state index in [1.165, 1.54) is 24.3 Å². The van der Waals surface area contributed by atoms with E-state index in [9.17, 15) is 14.0 Å². The van der Waals surface area contributed by atoms with Crippen molar-refractivity contribution in [1.82, 2.24) is 0 Å². The predicted molar refractivity (Wildman–Crippen MR) is 85.9 cm³/mol. The molecule has 0 radical (unpaired) electrons. The van der Waals surface area contributed by atoms with Gasteiger partial charge in [-0.3, -0.25) is 4.79 Å². The Bertz CT molecular complexity index is 686. The van der Waals surface area contributed by atoms with Crippen molar-refractivity contribution in [2.45, 2.75) is 6.92 Å². The Morgan fingerprint density at radius 2 is 1.78 bits per heavy atom. The Labute approximate surface area is 133 Å². The summed E-state index contributed by atoms with van der Waals surface area (Å²) in [4.78, 5) is 23.7. The van der Waals surface area contributed by atoms with Crippen molar-refractivity contribution in [3.05, 3.63) is 59.9 Å². The number of esters is 1. The Hall–Kier alpha value is -2.89. The van der Waals surface area contributed by atoms with Crippen LogP contribution in [0.15, 0.2) is 48.5 Å². The summed E-state index contributed by atoms with van der Waals surface area (Å²) < 4.78 is 17.8. The summed E-state index contributed by atoms with van der Waals surface area (Å²) in [6, 6.07) is 12.3. The fourth-order valence-corrected chi connectivity index (χ4v) is 1.94. The number of rotatable bonds is 6. The third-order valence-electron chi connectivity index (χ3n) is 2.99. The van der Waals surface area contributed by atoms with Gasteiger partial charge in [0.1, 0.15) is 5.82 Å². The van der Waals surface area contributed by atoms with E-state index in [0.717, 1.165) is 0 Å². The molecule has 0 spiro atoms. The van der Waals surface area contributed by atoms with Crippen LogP contribution in [0.25, 0.3) is 0 Å². The number of ether oxygens (including phenoxy) is 1. The first-order chi connectivity index (χ1) is 11.1. The lowest BCUT2D eigenvalue weighted by atomic mass is 10.2. The minimum Gasteiger partial charge on any atom is -0.462 e. The van der Waals surface area contributed by atoms with Crippen LogP contribution in [0.1, 0.15) is 17.3 Å². The van der Waals surface area contributed by atoms with Crippen LogP contribution in [0, 0.1) is 5.82 Å². The quantitative estimate of drug-likeness (QED) is 0.804. The van der Waals surface area contributed by atoms with Gasteiger partial charge in [-0.2, -0.15) is 0 Å². The summed E-state index contributed by atoms with van der Waals surface area (Å²) in [6.07, 6.45) is 0. The van der Waals surface area contributed by atoms with E-state index < -0.39 is 5.97 Å². The molecule has 0 heterocycles. The van der Waals surface area contributed by atoms with Crippen LogP contribution >= 0.6 is 0 Å². The van der Waals surface area contributed by atoms with Crippen LogP contribution < -0.4 is 10.6 Å². The molecule has 120 valence electrons. The summed E-state index contributed by atoms with van der Waals surface area (Å²) in [6.45, 7) is 1.97. The Kier molecular flexibility index (Phi) is 5.68. The molecule has 0 aliphatic rings. The molecular formula is C17H17FN2O3. The highest BCUT2D eigenvalue weighted by molar-refractivity contribution is 5.98. The van der Waals surface area contributed by atoms with Gasteiger partial charge in [-0.15, -0.1) is 0 Å². The summed E-state index contributed by atoms with van der Waals surface area (Å²) in [5.41, 5.74) is 1.38. The average Bonchev–Trinajstić information content (AvgIpc) is 2.55. The number of carbonyl (C=O) groups is 2. The van der Waals surface area contributed by atoms with Crippen molar-refractivity contribution >= 4 is 23.3 Å². The summed E-state index contributed by atoms with van der Waals surface area (Å²) in [7, 11) is 0. The third-order valence-corrected chi connectivity index (χ3v) is 2.99. The molecule has 5 nitrogen and oxygen atoms in total. The molecule has 23 heavy (non-hydrogen) atoms. The highest BCUT2D eigenvalue weighted by Crippen LogP contribution is 2.16. The second kappa shape index (κ2) is 7.93. The number of para-hydroxylation sites is 1. The van der Waals surface area contributed by atoms with E-state index in [-0.39, 0.29) is 24.9 Å². The lowest BCUT2D eigenvalue weighted by Gasteiger charge is -2.11. The topological polar surface area (TPSA) is 67.4 Å². The highest BCUT2D eigenvalue weighted by Gasteiger charge is 2.12. The number of hydrogen-bond acceptors (Lipinski definition) is 4. The highest BCUT2D eigenvalue weighted by atomic mass is 19.1. The van der Waals surface area contributed by atoms with Gasteiger partial charge >= 0.3 is 5.97 Å². The molecule has 1 amide bonds. The number of halogens is 1. The summed E-state index contributed by atoms with van der Waals surface area (Å²) in [5.74, 6) is -1.13. The van der Waals surface area contributed by atoms with E-state index >= 15 is 0 Å². The largest absolute Gasteiger partial charge is 0.462 e. The standard InChI is InChI=1S/C17H17FN2O3/c1-2-23-17(22)14-5-3-4-6-15(14)19-11-16(21)20-13-9-7-12(18)8-10-13/h3-10,19H,2,11H2,1H3,(H,20,21). The van der Waals surface area contributed by atoms with E-state index in [1.807, 2.05) is 0 Å². The van der Waals surface area contributed by atoms with Gasteiger partial charge in [0.25, 0.3) is 0 Å². The monoisotopic (exact) mass is 316 g/mol. The van der Waals surface area contributed by atoms with Crippen LogP contribution in [-0.2, 0) is 9.53 Å². The maximum absolute atomic E-state index is 12.8. The number of anilines is 2. The maximum Gasteiger partial charge on any atom is 0.340 e. The van der Waals surface area contributed by atoms with Crippen molar-refractivity contribution in [3.8, 4) is 0 Å². The second-order valence-corrected chi connectivity index (χ2v) is 4.67. The first-order valence-electron chi connectivity index (χ1n) is 7.15. The van der Waals surface area contributed by atoms with E-state index in [2.05, 4.69) is 10.6 Å². The Morgan fingerprint density at radius 3 is 2.48 bits per heavy atom. The molecule has 0 fully saturated rings. The van der Waals surface area contributed by atoms with Gasteiger partial charge in [-0.1, -0.05) is 12.1 Å². The van der Waals surface area contributed by atoms with Crippen molar-refractivity contribution < 1.29 is 18.7 Å². The van der Waals surface area contributed by atoms with Crippen molar-refractivity contribution in [2.75, 3.05) is 23.8 Å². The molecule has 6 heteroatoms. The minimum absolute atomic E-state index is 0.0339. The first-order valence-corrected chi connectivity index (χ1v) is 7.15. The molecule has 2 aromatic carbocycles. The summed E-state index contributed by atoms with van der Waals surface area (Å²) in [5, 5.41) is 5.53. The van der Waals surface area contributed by atoms with Crippen LogP contribution in [0.4, 0.5) is 15.8 Å². The average molecular weight is 316 g/mol. The van der Waals surface area contributed by atoms with E-state index in [0.29, 0.717) is 16.9 Å². The number of nitrogens with one attached hydrogen (secondary N) is 2. The lowest BCUT2D eigenvalue weighted by molar-refractivity contribution is -0.114. The lowest BCUT2D eigenvalue weighted by Crippen LogP contribution is -2.22. The Balaban J connectivity index is 1.96. The van der Waals surface area contributed by atoms with Gasteiger partial charge in [0.15, 0.2) is 0 Å². The van der Waals surface area contributed by atoms with Crippen LogP contribution in [0.5, 0.6) is 0 Å². The van der Waals surface area contributed by atoms with Gasteiger partial charge in [-0.25, -0.2) is 9.18 Å². The van der Waals surface area contributed by atoms with Gasteiger partial charge in [-0.05, 0) is 43.3 Å². The van der Waals surface area contributed by atoms with Gasteiger partial charge in [0, 0.05) is 11.4 Å². The fraction of sp³-hybridized carbons (Fsp3) is 0.176. The van der Waals surface area contributed by atoms with Gasteiger partial charge in [0.05, 0.1) is 18.7 Å². The molecular weight excluding hydrogens is 299 g/mol. The molecule has 0 aromatic heterocycles. The van der Waals surface area contributed by atoms with Gasteiger partial charge < -0.3 is 15.4 Å². The van der Waals surface area contributed by atoms with Gasteiger partial charge in [0.2, 0.25) is 5.91 Å². The zero-order valence-corrected chi connectivity index (χ0v) is 12.6. The number of carbonyl (C=O) groups excluding carboxylic acids is 2. The molecule has 0 saturated heterocycles. The number of benzene rings is 2. The molecule has 2 N–H and O–H groups in total. The fourth-order valence-electron chi connectivity index (χ4n) is 1.94. The second-order valence-electron chi connectivity index (χ2n) is 4.67. The third kappa shape index (κ3) is 4.81. The molecule has 2 aromatic rings. The van der Waals surface area contributed by atoms with E-state index in [4.69, 9.17) is 4.74 Å². The predicted octanol–water partition coefficient (Wildman–Crippen LogP) is 3.05. The summed E-state index contributed by atoms with van der Waals surface area (Å²) >= 11 is 0. The minimum atomic E-state index is -0.449. The maximum atomic E-state index is 12.8. The van der Waals surface area contributed by atoms with Crippen LogP contribution in [0.3, 0.4) is 0 Å². The molecule has 0 aliphatic heterocycles. The zero-order chi connectivity index (χ0) is 16.7. The molecule has 0 atom stereocenters. The Morgan fingerprint density at radius 1 is 1.09 bits per heavy atom. The molecule has 0 bridgehead atoms. The zero-order valence-electron chi connectivity index (χ0n) is 12.6. The molecule has 0 saturated carbocycles. The van der Waals surface area contributed by atoms with Crippen molar-refractivity contribution in [1.29, 1.82) is 0 Å². The van der Waals surface area contributed by atoms with Crippen molar-refractivity contribution in [3.63, 3.8) is 0 Å². The van der Waals surface area contributed by atoms with Crippen LogP contribution in [-0.4, -0.2) is 25.0 Å². The SMILES string of the molecule is CCOC(=O)c1ccccc1NCC(=O)Nc1ccc(F)cc1. The normalized spacial score (nSPS) is 10.0. The number of hydrogen-bond donors (Lipinski definition) is 2. The van der Waals surface area contributed by atoms with Crippen LogP contribution in [0.2, 0.25) is 0 Å². The smallest absolute Gasteiger partial charge is 0.340 e. The molecule has 2 rings (SSSR count). The van der Waals surface area contributed by atoms with E-state index in [1.54, 1.807) is 31.2 Å².